The summed E-state index contributed by atoms with van der Waals surface area (Å²) in [6.07, 6.45) is 7.28. The van der Waals surface area contributed by atoms with Gasteiger partial charge < -0.3 is 9.88 Å². The van der Waals surface area contributed by atoms with Crippen LogP contribution in [0.1, 0.15) is 37.2 Å². The summed E-state index contributed by atoms with van der Waals surface area (Å²) >= 11 is 0. The third-order valence-electron chi connectivity index (χ3n) is 4.08. The number of nitrogens with zero attached hydrogens (tertiary/aromatic N) is 3. The molecule has 1 aliphatic rings. The van der Waals surface area contributed by atoms with E-state index in [1.165, 1.54) is 0 Å². The molecule has 1 atom stereocenters. The van der Waals surface area contributed by atoms with Crippen molar-refractivity contribution in [2.24, 2.45) is 5.41 Å². The van der Waals surface area contributed by atoms with Crippen LogP contribution in [0.25, 0.3) is 0 Å². The Balaban J connectivity index is 1.66. The van der Waals surface area contributed by atoms with Gasteiger partial charge in [-0.25, -0.2) is 4.98 Å². The van der Waals surface area contributed by atoms with E-state index in [2.05, 4.69) is 15.3 Å². The fraction of sp³-hybridized carbons (Fsp3) is 0.438. The maximum atomic E-state index is 12.5. The van der Waals surface area contributed by atoms with Crippen molar-refractivity contribution in [1.29, 1.82) is 0 Å². The molecule has 0 unspecified atom stereocenters. The molecule has 0 aromatic carbocycles. The molecule has 1 fully saturated rings. The Morgan fingerprint density at radius 1 is 1.48 bits per heavy atom. The molecule has 2 heterocycles. The van der Waals surface area contributed by atoms with E-state index >= 15 is 0 Å². The average molecular weight is 284 g/mol. The summed E-state index contributed by atoms with van der Waals surface area (Å²) in [7, 11) is 0. The van der Waals surface area contributed by atoms with Crippen molar-refractivity contribution < 1.29 is 4.79 Å². The second-order valence-corrected chi connectivity index (χ2v) is 5.91. The minimum atomic E-state index is -0.265. The summed E-state index contributed by atoms with van der Waals surface area (Å²) in [5.41, 5.74) is 1.61. The lowest BCUT2D eigenvalue weighted by atomic mass is 10.1. The zero-order valence-electron chi connectivity index (χ0n) is 12.4. The van der Waals surface area contributed by atoms with Crippen LogP contribution in [-0.4, -0.2) is 20.4 Å². The predicted molar refractivity (Wildman–Crippen MR) is 79.4 cm³/mol. The van der Waals surface area contributed by atoms with E-state index in [0.717, 1.165) is 24.2 Å². The second kappa shape index (κ2) is 5.31. The highest BCUT2D eigenvalue weighted by atomic mass is 16.2. The first-order chi connectivity index (χ1) is 10.1. The van der Waals surface area contributed by atoms with Crippen LogP contribution in [-0.2, 0) is 11.3 Å². The number of carbonyl (C=O) groups excluding carboxylic acids is 1. The number of carbonyl (C=O) groups is 1. The van der Waals surface area contributed by atoms with Crippen LogP contribution >= 0.6 is 0 Å². The molecule has 3 rings (SSSR count). The second-order valence-electron chi connectivity index (χ2n) is 5.91. The minimum absolute atomic E-state index is 0.0716. The summed E-state index contributed by atoms with van der Waals surface area (Å²) in [5.74, 6) is 0.118. The number of hydrogen-bond acceptors (Lipinski definition) is 3. The fourth-order valence-corrected chi connectivity index (χ4v) is 2.57. The van der Waals surface area contributed by atoms with Crippen LogP contribution in [0.2, 0.25) is 0 Å². The van der Waals surface area contributed by atoms with Crippen LogP contribution in [0, 0.1) is 12.3 Å². The van der Waals surface area contributed by atoms with Crippen LogP contribution in [0.3, 0.4) is 0 Å². The van der Waals surface area contributed by atoms with Gasteiger partial charge in [0, 0.05) is 24.6 Å². The molecule has 0 saturated heterocycles. The highest BCUT2D eigenvalue weighted by Crippen LogP contribution is 2.47. The van der Waals surface area contributed by atoms with Crippen molar-refractivity contribution in [2.75, 3.05) is 0 Å². The Morgan fingerprint density at radius 3 is 2.90 bits per heavy atom. The van der Waals surface area contributed by atoms with Crippen molar-refractivity contribution in [2.45, 2.75) is 39.3 Å². The molecule has 1 amide bonds. The number of aryl methyl sites for hydroxylation is 1. The van der Waals surface area contributed by atoms with Gasteiger partial charge >= 0.3 is 0 Å². The van der Waals surface area contributed by atoms with Crippen molar-refractivity contribution >= 4 is 5.91 Å². The molecule has 1 aliphatic carbocycles. The zero-order chi connectivity index (χ0) is 14.9. The highest BCUT2D eigenvalue weighted by molar-refractivity contribution is 5.85. The lowest BCUT2D eigenvalue weighted by Gasteiger charge is -2.20. The Hall–Kier alpha value is -2.17. The summed E-state index contributed by atoms with van der Waals surface area (Å²) in [4.78, 5) is 21.1. The van der Waals surface area contributed by atoms with Gasteiger partial charge in [-0.15, -0.1) is 0 Å². The zero-order valence-corrected chi connectivity index (χ0v) is 12.4. The van der Waals surface area contributed by atoms with Gasteiger partial charge in [-0.2, -0.15) is 0 Å². The number of aromatic nitrogens is 3. The van der Waals surface area contributed by atoms with E-state index in [-0.39, 0.29) is 17.4 Å². The quantitative estimate of drug-likeness (QED) is 0.916. The SMILES string of the molecule is Cc1cccc([C@@H](C)NC(=O)C2(Cn3ccnc3)CC2)n1. The summed E-state index contributed by atoms with van der Waals surface area (Å²) in [5, 5.41) is 3.10. The molecule has 5 nitrogen and oxygen atoms in total. The molecule has 5 heteroatoms. The van der Waals surface area contributed by atoms with Crippen molar-refractivity contribution in [3.63, 3.8) is 0 Å². The molecule has 2 aromatic rings. The maximum Gasteiger partial charge on any atom is 0.228 e. The van der Waals surface area contributed by atoms with Crippen LogP contribution in [0.15, 0.2) is 36.9 Å². The molecule has 110 valence electrons. The molecule has 21 heavy (non-hydrogen) atoms. The van der Waals surface area contributed by atoms with Crippen molar-refractivity contribution in [3.8, 4) is 0 Å². The third-order valence-corrected chi connectivity index (χ3v) is 4.08. The van der Waals surface area contributed by atoms with Crippen molar-refractivity contribution in [3.05, 3.63) is 48.3 Å². The first-order valence-corrected chi connectivity index (χ1v) is 7.29. The number of imidazole rings is 1. The predicted octanol–water partition coefficient (Wildman–Crippen LogP) is 2.24. The Bertz CT molecular complexity index is 631. The topological polar surface area (TPSA) is 59.8 Å². The largest absolute Gasteiger partial charge is 0.347 e. The molecule has 1 N–H and O–H groups in total. The van der Waals surface area contributed by atoms with Gasteiger partial charge in [-0.05, 0) is 38.8 Å². The first kappa shape index (κ1) is 13.8. The van der Waals surface area contributed by atoms with E-state index < -0.39 is 0 Å². The standard InChI is InChI=1S/C16H20N4O/c1-12-4-3-5-14(18-12)13(2)19-15(21)16(6-7-16)10-20-9-8-17-11-20/h3-5,8-9,11,13H,6-7,10H2,1-2H3,(H,19,21)/t13-/m1/s1. The summed E-state index contributed by atoms with van der Waals surface area (Å²) in [6.45, 7) is 4.64. The molecular weight excluding hydrogens is 264 g/mol. The molecule has 0 radical (unpaired) electrons. The van der Waals surface area contributed by atoms with Gasteiger partial charge in [0.25, 0.3) is 0 Å². The van der Waals surface area contributed by atoms with Crippen molar-refractivity contribution in [1.82, 2.24) is 19.9 Å². The molecular formula is C16H20N4O. The number of pyridine rings is 1. The van der Waals surface area contributed by atoms with Gasteiger partial charge in [0.1, 0.15) is 0 Å². The fourth-order valence-electron chi connectivity index (χ4n) is 2.57. The highest BCUT2D eigenvalue weighted by Gasteiger charge is 2.50. The van der Waals surface area contributed by atoms with Crippen LogP contribution < -0.4 is 5.32 Å². The average Bonchev–Trinajstić information content (AvgIpc) is 3.06. The maximum absolute atomic E-state index is 12.5. The van der Waals surface area contributed by atoms with Gasteiger partial charge in [0.15, 0.2) is 0 Å². The number of hydrogen-bond donors (Lipinski definition) is 1. The van der Waals surface area contributed by atoms with E-state index in [4.69, 9.17) is 0 Å². The lowest BCUT2D eigenvalue weighted by Crippen LogP contribution is -2.36. The number of amides is 1. The van der Waals surface area contributed by atoms with Gasteiger partial charge in [0.2, 0.25) is 5.91 Å². The molecule has 0 aliphatic heterocycles. The smallest absolute Gasteiger partial charge is 0.228 e. The lowest BCUT2D eigenvalue weighted by molar-refractivity contribution is -0.127. The minimum Gasteiger partial charge on any atom is -0.347 e. The molecule has 2 aromatic heterocycles. The van der Waals surface area contributed by atoms with E-state index in [1.54, 1.807) is 12.5 Å². The number of nitrogens with one attached hydrogen (secondary N) is 1. The third kappa shape index (κ3) is 2.96. The Labute approximate surface area is 124 Å². The monoisotopic (exact) mass is 284 g/mol. The molecule has 0 bridgehead atoms. The number of rotatable bonds is 5. The van der Waals surface area contributed by atoms with Gasteiger partial charge in [-0.1, -0.05) is 6.07 Å². The van der Waals surface area contributed by atoms with Gasteiger partial charge in [-0.3, -0.25) is 9.78 Å². The van der Waals surface area contributed by atoms with Crippen LogP contribution in [0.4, 0.5) is 0 Å². The molecule has 0 spiro atoms. The van der Waals surface area contributed by atoms with Gasteiger partial charge in [0.05, 0.1) is 23.5 Å². The Morgan fingerprint density at radius 2 is 2.29 bits per heavy atom. The van der Waals surface area contributed by atoms with E-state index in [9.17, 15) is 4.79 Å². The summed E-state index contributed by atoms with van der Waals surface area (Å²) in [6, 6.07) is 5.81. The van der Waals surface area contributed by atoms with E-state index in [1.807, 2.05) is 42.8 Å². The summed E-state index contributed by atoms with van der Waals surface area (Å²) < 4.78 is 1.97. The normalized spacial score (nSPS) is 17.2. The molecule has 1 saturated carbocycles. The van der Waals surface area contributed by atoms with E-state index in [0.29, 0.717) is 6.54 Å². The van der Waals surface area contributed by atoms with Crippen LogP contribution in [0.5, 0.6) is 0 Å². The Kier molecular flexibility index (Phi) is 3.49. The first-order valence-electron chi connectivity index (χ1n) is 7.29.